The summed E-state index contributed by atoms with van der Waals surface area (Å²) in [7, 11) is 3.32. The van der Waals surface area contributed by atoms with E-state index < -0.39 is 18.6 Å². The van der Waals surface area contributed by atoms with Gasteiger partial charge >= 0.3 is 6.18 Å². The molecule has 2 N–H and O–H groups in total. The van der Waals surface area contributed by atoms with Crippen molar-refractivity contribution in [2.45, 2.75) is 50.7 Å². The third kappa shape index (κ3) is 7.27. The van der Waals surface area contributed by atoms with Crippen molar-refractivity contribution in [1.29, 1.82) is 0 Å². The molecular formula is C21H31F3N4O. The molecular weight excluding hydrogens is 381 g/mol. The molecule has 2 rings (SSSR count). The Morgan fingerprint density at radius 2 is 2.14 bits per heavy atom. The van der Waals surface area contributed by atoms with Crippen LogP contribution >= 0.6 is 0 Å². The number of piperidine rings is 1. The van der Waals surface area contributed by atoms with Crippen molar-refractivity contribution < 1.29 is 17.9 Å². The van der Waals surface area contributed by atoms with Crippen molar-refractivity contribution in [2.75, 3.05) is 25.5 Å². The van der Waals surface area contributed by atoms with Crippen LogP contribution in [0.4, 0.5) is 19.0 Å². The predicted octanol–water partition coefficient (Wildman–Crippen LogP) is 4.67. The number of rotatable bonds is 9. The van der Waals surface area contributed by atoms with E-state index in [9.17, 15) is 13.2 Å². The van der Waals surface area contributed by atoms with Gasteiger partial charge < -0.3 is 15.4 Å². The van der Waals surface area contributed by atoms with Crippen molar-refractivity contribution in [3.8, 4) is 0 Å². The maximum Gasteiger partial charge on any atom is 0.389 e. The van der Waals surface area contributed by atoms with Crippen LogP contribution in [0.15, 0.2) is 42.2 Å². The Kier molecular flexibility index (Phi) is 8.37. The molecule has 0 amide bonds. The van der Waals surface area contributed by atoms with Crippen molar-refractivity contribution in [3.63, 3.8) is 0 Å². The van der Waals surface area contributed by atoms with Crippen LogP contribution in [0.2, 0.25) is 0 Å². The van der Waals surface area contributed by atoms with Crippen LogP contribution in [-0.4, -0.2) is 42.2 Å². The number of allylic oxidation sites excluding steroid dienone is 2. The van der Waals surface area contributed by atoms with E-state index in [4.69, 9.17) is 4.74 Å². The molecule has 2 heterocycles. The molecule has 0 radical (unpaired) electrons. The molecule has 8 heteroatoms. The highest BCUT2D eigenvalue weighted by atomic mass is 19.4. The van der Waals surface area contributed by atoms with E-state index in [1.807, 2.05) is 13.0 Å². The Morgan fingerprint density at radius 1 is 1.45 bits per heavy atom. The number of ether oxygens (including phenoxy) is 1. The van der Waals surface area contributed by atoms with E-state index in [0.717, 1.165) is 31.6 Å². The average Bonchev–Trinajstić information content (AvgIpc) is 3.05. The van der Waals surface area contributed by atoms with E-state index in [1.54, 1.807) is 30.0 Å². The van der Waals surface area contributed by atoms with Gasteiger partial charge in [0.05, 0.1) is 18.8 Å². The Hall–Kier alpha value is -2.22. The van der Waals surface area contributed by atoms with Gasteiger partial charge in [-0.25, -0.2) is 0 Å². The fraction of sp³-hybridized carbons (Fsp3) is 0.571. The molecule has 1 aromatic heterocycles. The molecule has 1 atom stereocenters. The molecule has 1 aliphatic rings. The third-order valence-corrected chi connectivity index (χ3v) is 5.04. The zero-order valence-corrected chi connectivity index (χ0v) is 17.4. The first-order chi connectivity index (χ1) is 13.7. The summed E-state index contributed by atoms with van der Waals surface area (Å²) in [5.74, 6) is 1.59. The first-order valence-electron chi connectivity index (χ1n) is 9.88. The number of aromatic nitrogens is 2. The predicted molar refractivity (Wildman–Crippen MR) is 110 cm³/mol. The zero-order valence-electron chi connectivity index (χ0n) is 17.4. The van der Waals surface area contributed by atoms with Crippen molar-refractivity contribution in [2.24, 2.45) is 7.05 Å². The van der Waals surface area contributed by atoms with E-state index in [0.29, 0.717) is 23.1 Å². The summed E-state index contributed by atoms with van der Waals surface area (Å²) in [5, 5.41) is 11.1. The van der Waals surface area contributed by atoms with Gasteiger partial charge in [-0.15, -0.1) is 0 Å². The minimum absolute atomic E-state index is 0.125. The molecule has 0 aliphatic carbocycles. The zero-order chi connectivity index (χ0) is 21.4. The van der Waals surface area contributed by atoms with Gasteiger partial charge in [-0.3, -0.25) is 4.68 Å². The number of methoxy groups -OCH3 is 1. The van der Waals surface area contributed by atoms with E-state index in [1.165, 1.54) is 7.11 Å². The Labute approximate surface area is 170 Å². The van der Waals surface area contributed by atoms with Crippen molar-refractivity contribution in [3.05, 3.63) is 47.9 Å². The maximum absolute atomic E-state index is 12.9. The van der Waals surface area contributed by atoms with Gasteiger partial charge in [0, 0.05) is 25.5 Å². The Morgan fingerprint density at radius 3 is 2.72 bits per heavy atom. The molecule has 1 fully saturated rings. The number of nitrogens with zero attached hydrogens (tertiary/aromatic N) is 2. The van der Waals surface area contributed by atoms with Crippen LogP contribution < -0.4 is 10.6 Å². The highest BCUT2D eigenvalue weighted by Crippen LogP contribution is 2.29. The molecule has 1 aromatic rings. The Bertz CT molecular complexity index is 731. The number of halogens is 3. The molecule has 1 saturated heterocycles. The summed E-state index contributed by atoms with van der Waals surface area (Å²) in [5.41, 5.74) is 1.49. The summed E-state index contributed by atoms with van der Waals surface area (Å²) < 4.78 is 45.5. The molecule has 1 aliphatic heterocycles. The molecule has 0 aromatic carbocycles. The first-order valence-corrected chi connectivity index (χ1v) is 9.88. The number of anilines is 1. The quantitative estimate of drug-likeness (QED) is 0.457. The highest BCUT2D eigenvalue weighted by molar-refractivity contribution is 5.43. The van der Waals surface area contributed by atoms with Crippen molar-refractivity contribution >= 4 is 5.82 Å². The lowest BCUT2D eigenvalue weighted by Crippen LogP contribution is -2.26. The molecule has 162 valence electrons. The first kappa shape index (κ1) is 23.1. The number of hydrogen-bond donors (Lipinski definition) is 2. The monoisotopic (exact) mass is 412 g/mol. The second-order valence-corrected chi connectivity index (χ2v) is 7.28. The van der Waals surface area contributed by atoms with E-state index >= 15 is 0 Å². The standard InChI is InChI=1S/C21H31F3N4O/c1-5-6-17(29-4)13-15(2)18(7-10-21(22,23)24)26-20-14-19(27-28(20)3)16-8-11-25-12-9-16/h5-6,13-14,16,18,25-26H,2,7-12H2,1,3-4H3/b6-5-,17-13+. The second kappa shape index (κ2) is 10.5. The lowest BCUT2D eigenvalue weighted by atomic mass is 9.95. The van der Waals surface area contributed by atoms with Gasteiger partial charge in [-0.1, -0.05) is 12.7 Å². The SMILES string of the molecule is C=C(/C=C(\C=C/C)OC)C(CCC(F)(F)F)Nc1cc(C2CCNCC2)nn1C. The van der Waals surface area contributed by atoms with Crippen LogP contribution in [0, 0.1) is 0 Å². The largest absolute Gasteiger partial charge is 0.497 e. The van der Waals surface area contributed by atoms with Gasteiger partial charge in [0.1, 0.15) is 11.6 Å². The van der Waals surface area contributed by atoms with Crippen LogP contribution in [0.5, 0.6) is 0 Å². The van der Waals surface area contributed by atoms with E-state index in [2.05, 4.69) is 22.3 Å². The average molecular weight is 413 g/mol. The van der Waals surface area contributed by atoms with Crippen LogP contribution in [0.25, 0.3) is 0 Å². The van der Waals surface area contributed by atoms with Gasteiger partial charge in [-0.2, -0.15) is 18.3 Å². The summed E-state index contributed by atoms with van der Waals surface area (Å²) >= 11 is 0. The second-order valence-electron chi connectivity index (χ2n) is 7.28. The van der Waals surface area contributed by atoms with Crippen molar-refractivity contribution in [1.82, 2.24) is 15.1 Å². The maximum atomic E-state index is 12.9. The fourth-order valence-corrected chi connectivity index (χ4v) is 3.40. The van der Waals surface area contributed by atoms with Crippen LogP contribution in [-0.2, 0) is 11.8 Å². The third-order valence-electron chi connectivity index (χ3n) is 5.04. The topological polar surface area (TPSA) is 51.1 Å². The summed E-state index contributed by atoms with van der Waals surface area (Å²) in [6, 6.07) is 1.35. The molecule has 0 spiro atoms. The minimum Gasteiger partial charge on any atom is -0.497 e. The number of hydrogen-bond acceptors (Lipinski definition) is 4. The summed E-state index contributed by atoms with van der Waals surface area (Å²) in [6.45, 7) is 7.73. The van der Waals surface area contributed by atoms with Gasteiger partial charge in [0.2, 0.25) is 0 Å². The minimum atomic E-state index is -4.23. The van der Waals surface area contributed by atoms with E-state index in [-0.39, 0.29) is 6.42 Å². The summed E-state index contributed by atoms with van der Waals surface area (Å²) in [6.07, 6.45) is 1.95. The lowest BCUT2D eigenvalue weighted by Gasteiger charge is -2.22. The molecule has 1 unspecified atom stereocenters. The molecule has 0 bridgehead atoms. The fourth-order valence-electron chi connectivity index (χ4n) is 3.40. The molecule has 5 nitrogen and oxygen atoms in total. The van der Waals surface area contributed by atoms with Crippen LogP contribution in [0.1, 0.15) is 44.2 Å². The Balaban J connectivity index is 2.20. The normalized spacial score (nSPS) is 17.5. The van der Waals surface area contributed by atoms with Gasteiger partial charge in [0.25, 0.3) is 0 Å². The molecule has 29 heavy (non-hydrogen) atoms. The number of alkyl halides is 3. The molecule has 0 saturated carbocycles. The number of aryl methyl sites for hydroxylation is 1. The van der Waals surface area contributed by atoms with Gasteiger partial charge in [-0.05, 0) is 57.0 Å². The van der Waals surface area contributed by atoms with Crippen LogP contribution in [0.3, 0.4) is 0 Å². The van der Waals surface area contributed by atoms with Gasteiger partial charge in [0.15, 0.2) is 0 Å². The highest BCUT2D eigenvalue weighted by Gasteiger charge is 2.29. The number of nitrogens with one attached hydrogen (secondary N) is 2. The lowest BCUT2D eigenvalue weighted by molar-refractivity contribution is -0.135. The smallest absolute Gasteiger partial charge is 0.389 e. The summed E-state index contributed by atoms with van der Waals surface area (Å²) in [4.78, 5) is 0.